The van der Waals surface area contributed by atoms with Gasteiger partial charge in [0.1, 0.15) is 12.2 Å². The van der Waals surface area contributed by atoms with Crippen molar-refractivity contribution < 1.29 is 0 Å². The van der Waals surface area contributed by atoms with E-state index in [1.54, 1.807) is 6.33 Å². The average molecular weight is 293 g/mol. The molecule has 20 heavy (non-hydrogen) atoms. The summed E-state index contributed by atoms with van der Waals surface area (Å²) in [6.07, 6.45) is 2.42. The summed E-state index contributed by atoms with van der Waals surface area (Å²) in [5.74, 6) is 0.992. The lowest BCUT2D eigenvalue weighted by molar-refractivity contribution is 0.468. The zero-order valence-corrected chi connectivity index (χ0v) is 12.9. The van der Waals surface area contributed by atoms with Crippen LogP contribution >= 0.6 is 11.6 Å². The molecule has 0 bridgehead atoms. The van der Waals surface area contributed by atoms with E-state index in [-0.39, 0.29) is 6.04 Å². The summed E-state index contributed by atoms with van der Waals surface area (Å²) in [4.78, 5) is 4.39. The molecule has 2 rings (SSSR count). The molecule has 0 aliphatic carbocycles. The van der Waals surface area contributed by atoms with E-state index in [0.717, 1.165) is 23.8 Å². The summed E-state index contributed by atoms with van der Waals surface area (Å²) in [6.45, 7) is 7.22. The molecule has 0 radical (unpaired) electrons. The molecule has 0 aliphatic rings. The van der Waals surface area contributed by atoms with Gasteiger partial charge in [-0.3, -0.25) is 0 Å². The van der Waals surface area contributed by atoms with Gasteiger partial charge in [-0.2, -0.15) is 5.10 Å². The maximum absolute atomic E-state index is 6.09. The molecule has 0 aliphatic heterocycles. The van der Waals surface area contributed by atoms with Gasteiger partial charge in [0.25, 0.3) is 0 Å². The van der Waals surface area contributed by atoms with E-state index in [4.69, 9.17) is 11.6 Å². The van der Waals surface area contributed by atoms with Crippen LogP contribution in [0.15, 0.2) is 30.6 Å². The fraction of sp³-hybridized carbons (Fsp3) is 0.467. The molecule has 4 nitrogen and oxygen atoms in total. The van der Waals surface area contributed by atoms with Crippen molar-refractivity contribution in [1.82, 2.24) is 20.1 Å². The Hall–Kier alpha value is -1.39. The van der Waals surface area contributed by atoms with Crippen LogP contribution in [-0.4, -0.2) is 21.3 Å². The highest BCUT2D eigenvalue weighted by Gasteiger charge is 2.16. The number of nitrogens with zero attached hydrogens (tertiary/aromatic N) is 3. The van der Waals surface area contributed by atoms with Crippen LogP contribution in [0.25, 0.3) is 0 Å². The van der Waals surface area contributed by atoms with Crippen LogP contribution in [0.1, 0.15) is 44.2 Å². The Bertz CT molecular complexity index is 550. The first-order chi connectivity index (χ1) is 9.61. The van der Waals surface area contributed by atoms with Crippen LogP contribution in [0.4, 0.5) is 0 Å². The van der Waals surface area contributed by atoms with Crippen molar-refractivity contribution >= 4 is 11.6 Å². The van der Waals surface area contributed by atoms with E-state index in [0.29, 0.717) is 6.04 Å². The SMILES string of the molecule is CCNC(Cc1ncnn1C(C)C)c1cccc(Cl)c1. The Morgan fingerprint density at radius 3 is 2.80 bits per heavy atom. The second-order valence-corrected chi connectivity index (χ2v) is 5.52. The summed E-state index contributed by atoms with van der Waals surface area (Å²) < 4.78 is 1.97. The van der Waals surface area contributed by atoms with Crippen molar-refractivity contribution in [1.29, 1.82) is 0 Å². The molecular weight excluding hydrogens is 272 g/mol. The number of likely N-dealkylation sites (N-methyl/N-ethyl adjacent to an activating group) is 1. The van der Waals surface area contributed by atoms with Crippen LogP contribution in [0.5, 0.6) is 0 Å². The van der Waals surface area contributed by atoms with Crippen molar-refractivity contribution in [3.05, 3.63) is 47.0 Å². The minimum absolute atomic E-state index is 0.195. The van der Waals surface area contributed by atoms with Gasteiger partial charge in [0.15, 0.2) is 0 Å². The van der Waals surface area contributed by atoms with E-state index in [1.807, 2.05) is 22.9 Å². The minimum atomic E-state index is 0.195. The fourth-order valence-electron chi connectivity index (χ4n) is 2.31. The summed E-state index contributed by atoms with van der Waals surface area (Å²) in [7, 11) is 0. The molecule has 1 aromatic carbocycles. The number of benzene rings is 1. The molecule has 2 aromatic rings. The van der Waals surface area contributed by atoms with Gasteiger partial charge in [-0.1, -0.05) is 30.7 Å². The molecular formula is C15H21ClN4. The summed E-state index contributed by atoms with van der Waals surface area (Å²) in [5.41, 5.74) is 1.18. The topological polar surface area (TPSA) is 42.7 Å². The standard InChI is InChI=1S/C15H21ClN4/c1-4-17-14(12-6-5-7-13(16)8-12)9-15-18-10-19-20(15)11(2)3/h5-8,10-11,14,17H,4,9H2,1-3H3. The van der Waals surface area contributed by atoms with E-state index in [9.17, 15) is 0 Å². The molecule has 0 spiro atoms. The van der Waals surface area contributed by atoms with Crippen molar-refractivity contribution in [3.8, 4) is 0 Å². The van der Waals surface area contributed by atoms with Crippen LogP contribution in [0.2, 0.25) is 5.02 Å². The maximum Gasteiger partial charge on any atom is 0.138 e. The molecule has 1 aromatic heterocycles. The van der Waals surface area contributed by atoms with Gasteiger partial charge in [-0.25, -0.2) is 9.67 Å². The van der Waals surface area contributed by atoms with Crippen LogP contribution in [0.3, 0.4) is 0 Å². The second kappa shape index (κ2) is 6.86. The predicted molar refractivity (Wildman–Crippen MR) is 82.0 cm³/mol. The lowest BCUT2D eigenvalue weighted by Gasteiger charge is -2.19. The third kappa shape index (κ3) is 3.58. The van der Waals surface area contributed by atoms with Crippen molar-refractivity contribution in [2.24, 2.45) is 0 Å². The summed E-state index contributed by atoms with van der Waals surface area (Å²) in [6, 6.07) is 8.48. The highest BCUT2D eigenvalue weighted by molar-refractivity contribution is 6.30. The first-order valence-corrected chi connectivity index (χ1v) is 7.36. The quantitative estimate of drug-likeness (QED) is 0.887. The lowest BCUT2D eigenvalue weighted by atomic mass is 10.0. The maximum atomic E-state index is 6.09. The molecule has 0 fully saturated rings. The minimum Gasteiger partial charge on any atom is -0.310 e. The molecule has 0 amide bonds. The predicted octanol–water partition coefficient (Wildman–Crippen LogP) is 3.41. The molecule has 0 saturated carbocycles. The Morgan fingerprint density at radius 1 is 1.35 bits per heavy atom. The highest BCUT2D eigenvalue weighted by Crippen LogP contribution is 2.21. The Kier molecular flexibility index (Phi) is 5.15. The Labute approximate surface area is 125 Å². The Morgan fingerprint density at radius 2 is 2.15 bits per heavy atom. The van der Waals surface area contributed by atoms with Crippen molar-refractivity contribution in [3.63, 3.8) is 0 Å². The van der Waals surface area contributed by atoms with Crippen LogP contribution in [0, 0.1) is 0 Å². The molecule has 1 atom stereocenters. The number of hydrogen-bond acceptors (Lipinski definition) is 3. The van der Waals surface area contributed by atoms with Crippen LogP contribution in [-0.2, 0) is 6.42 Å². The number of rotatable bonds is 6. The largest absolute Gasteiger partial charge is 0.310 e. The first kappa shape index (κ1) is 15.0. The monoisotopic (exact) mass is 292 g/mol. The third-order valence-corrected chi connectivity index (χ3v) is 3.46. The molecule has 108 valence electrons. The third-order valence-electron chi connectivity index (χ3n) is 3.22. The zero-order valence-electron chi connectivity index (χ0n) is 12.2. The molecule has 5 heteroatoms. The van der Waals surface area contributed by atoms with Crippen LogP contribution < -0.4 is 5.32 Å². The van der Waals surface area contributed by atoms with Gasteiger partial charge >= 0.3 is 0 Å². The van der Waals surface area contributed by atoms with Crippen molar-refractivity contribution in [2.45, 2.75) is 39.3 Å². The normalized spacial score (nSPS) is 12.8. The zero-order chi connectivity index (χ0) is 14.5. The van der Waals surface area contributed by atoms with E-state index in [1.165, 1.54) is 5.56 Å². The van der Waals surface area contributed by atoms with E-state index >= 15 is 0 Å². The molecule has 1 unspecified atom stereocenters. The van der Waals surface area contributed by atoms with Gasteiger partial charge in [0, 0.05) is 23.5 Å². The smallest absolute Gasteiger partial charge is 0.138 e. The summed E-state index contributed by atoms with van der Waals surface area (Å²) in [5, 5.41) is 8.54. The van der Waals surface area contributed by atoms with Crippen molar-refractivity contribution in [2.75, 3.05) is 6.54 Å². The number of hydrogen-bond donors (Lipinski definition) is 1. The lowest BCUT2D eigenvalue weighted by Crippen LogP contribution is -2.24. The van der Waals surface area contributed by atoms with E-state index in [2.05, 4.69) is 42.2 Å². The number of aromatic nitrogens is 3. The molecule has 0 saturated heterocycles. The first-order valence-electron chi connectivity index (χ1n) is 6.99. The highest BCUT2D eigenvalue weighted by atomic mass is 35.5. The van der Waals surface area contributed by atoms with E-state index < -0.39 is 0 Å². The number of nitrogens with one attached hydrogen (secondary N) is 1. The van der Waals surface area contributed by atoms with Gasteiger partial charge in [0.2, 0.25) is 0 Å². The second-order valence-electron chi connectivity index (χ2n) is 5.08. The van der Waals surface area contributed by atoms with Gasteiger partial charge in [-0.05, 0) is 38.1 Å². The Balaban J connectivity index is 2.23. The average Bonchev–Trinajstić information content (AvgIpc) is 2.86. The fourth-order valence-corrected chi connectivity index (χ4v) is 2.51. The van der Waals surface area contributed by atoms with Gasteiger partial charge < -0.3 is 5.32 Å². The summed E-state index contributed by atoms with van der Waals surface area (Å²) >= 11 is 6.09. The van der Waals surface area contributed by atoms with Gasteiger partial charge in [-0.15, -0.1) is 0 Å². The van der Waals surface area contributed by atoms with Gasteiger partial charge in [0.05, 0.1) is 0 Å². The molecule has 1 N–H and O–H groups in total. The number of halogens is 1. The molecule has 1 heterocycles.